The zero-order valence-electron chi connectivity index (χ0n) is 19.9. The van der Waals surface area contributed by atoms with Crippen molar-refractivity contribution < 1.29 is 77.5 Å². The third kappa shape index (κ3) is 8.02. The molecule has 2 saturated heterocycles. The molecule has 11 atom stereocenters. The van der Waals surface area contributed by atoms with Crippen molar-refractivity contribution >= 4 is 38.2 Å². The number of aromatic amines is 1. The summed E-state index contributed by atoms with van der Waals surface area (Å²) in [7, 11) is -10.9. The SMILES string of the molecule is O=c1[nH]c(=O)n([C@@H]2O[C@H](C(OP(=O)(O)O)OP(=O)(O)OCC[C@H]3O[C@H](CO)[C@H](O)[C@H](O)[C@H]3O)[C@@H](O)[C@H]2O)cc1I. The number of nitrogens with zero attached hydrogens (tertiary/aromatic N) is 1. The first-order valence-corrected chi connectivity index (χ1v) is 15.3. The van der Waals surface area contributed by atoms with E-state index < -0.39 is 108 Å². The van der Waals surface area contributed by atoms with Crippen LogP contribution in [0, 0.1) is 3.57 Å². The molecule has 0 aliphatic carbocycles. The van der Waals surface area contributed by atoms with Crippen LogP contribution in [0.25, 0.3) is 0 Å². The zero-order chi connectivity index (χ0) is 30.2. The van der Waals surface area contributed by atoms with Crippen molar-refractivity contribution in [2.75, 3.05) is 13.2 Å². The van der Waals surface area contributed by atoms with E-state index in [2.05, 4.69) is 9.05 Å². The average molecular weight is 736 g/mol. The maximum Gasteiger partial charge on any atom is 0.474 e. The zero-order valence-corrected chi connectivity index (χ0v) is 23.8. The van der Waals surface area contributed by atoms with E-state index in [0.717, 1.165) is 6.20 Å². The molecular formula is C17H27IN2O18P2. The Labute approximate surface area is 236 Å². The molecule has 1 aromatic rings. The highest BCUT2D eigenvalue weighted by Crippen LogP contribution is 2.50. The molecule has 23 heteroatoms. The highest BCUT2D eigenvalue weighted by molar-refractivity contribution is 14.1. The smallest absolute Gasteiger partial charge is 0.394 e. The van der Waals surface area contributed by atoms with Gasteiger partial charge in [0.25, 0.3) is 5.56 Å². The van der Waals surface area contributed by atoms with Gasteiger partial charge in [0.1, 0.15) is 42.7 Å². The molecule has 3 heterocycles. The highest BCUT2D eigenvalue weighted by Gasteiger charge is 2.52. The van der Waals surface area contributed by atoms with Gasteiger partial charge >= 0.3 is 21.3 Å². The molecule has 10 N–H and O–H groups in total. The van der Waals surface area contributed by atoms with Crippen molar-refractivity contribution in [3.63, 3.8) is 0 Å². The first-order chi connectivity index (χ1) is 18.5. The number of hydrogen-bond acceptors (Lipinski definition) is 15. The number of halogens is 1. The molecule has 40 heavy (non-hydrogen) atoms. The predicted octanol–water partition coefficient (Wildman–Crippen LogP) is -4.44. The molecule has 1 aromatic heterocycles. The molecule has 20 nitrogen and oxygen atoms in total. The number of hydrogen-bond donors (Lipinski definition) is 10. The second kappa shape index (κ2) is 13.3. The fraction of sp³-hybridized carbons (Fsp3) is 0.765. The number of phosphoric acid groups is 2. The van der Waals surface area contributed by atoms with Gasteiger partial charge in [0.2, 0.25) is 6.29 Å². The molecule has 230 valence electrons. The molecule has 0 amide bonds. The van der Waals surface area contributed by atoms with Gasteiger partial charge in [-0.1, -0.05) is 0 Å². The van der Waals surface area contributed by atoms with Crippen molar-refractivity contribution in [1.82, 2.24) is 9.55 Å². The van der Waals surface area contributed by atoms with Crippen molar-refractivity contribution in [1.29, 1.82) is 0 Å². The Balaban J connectivity index is 1.73. The second-order valence-electron chi connectivity index (χ2n) is 8.64. The van der Waals surface area contributed by atoms with Crippen LogP contribution in [-0.4, -0.2) is 123 Å². The number of nitrogens with one attached hydrogen (secondary N) is 1. The number of aliphatic hydroxyl groups is 6. The molecule has 2 aliphatic rings. The fourth-order valence-electron chi connectivity index (χ4n) is 3.93. The Bertz CT molecular complexity index is 1240. The lowest BCUT2D eigenvalue weighted by molar-refractivity contribution is -0.231. The number of rotatable bonds is 11. The van der Waals surface area contributed by atoms with E-state index in [9.17, 15) is 64.0 Å². The second-order valence-corrected chi connectivity index (χ2v) is 12.4. The minimum absolute atomic E-state index is 0.0436. The summed E-state index contributed by atoms with van der Waals surface area (Å²) in [4.78, 5) is 54.4. The Morgan fingerprint density at radius 3 is 2.17 bits per heavy atom. The van der Waals surface area contributed by atoms with E-state index in [-0.39, 0.29) is 3.57 Å². The number of aromatic nitrogens is 2. The lowest BCUT2D eigenvalue weighted by Crippen LogP contribution is -2.58. The van der Waals surface area contributed by atoms with Crippen LogP contribution < -0.4 is 11.2 Å². The van der Waals surface area contributed by atoms with Crippen LogP contribution in [0.15, 0.2) is 15.8 Å². The van der Waals surface area contributed by atoms with Crippen LogP contribution in [0.4, 0.5) is 0 Å². The first kappa shape index (κ1) is 33.8. The molecule has 2 fully saturated rings. The minimum Gasteiger partial charge on any atom is -0.394 e. The lowest BCUT2D eigenvalue weighted by Gasteiger charge is -2.40. The van der Waals surface area contributed by atoms with Crippen LogP contribution in [0.1, 0.15) is 12.6 Å². The van der Waals surface area contributed by atoms with E-state index >= 15 is 0 Å². The van der Waals surface area contributed by atoms with Gasteiger partial charge < -0.3 is 54.8 Å². The van der Waals surface area contributed by atoms with Gasteiger partial charge in [-0.25, -0.2) is 13.9 Å². The van der Waals surface area contributed by atoms with Gasteiger partial charge in [-0.05, 0) is 22.6 Å². The van der Waals surface area contributed by atoms with Gasteiger partial charge in [0.15, 0.2) is 6.23 Å². The molecule has 3 rings (SSSR count). The maximum absolute atomic E-state index is 12.6. The molecule has 0 bridgehead atoms. The van der Waals surface area contributed by atoms with Crippen LogP contribution in [0.2, 0.25) is 0 Å². The van der Waals surface area contributed by atoms with Gasteiger partial charge in [-0.2, -0.15) is 0 Å². The van der Waals surface area contributed by atoms with Crippen LogP contribution in [0.5, 0.6) is 0 Å². The molecule has 0 saturated carbocycles. The van der Waals surface area contributed by atoms with Gasteiger partial charge in [-0.3, -0.25) is 27.9 Å². The van der Waals surface area contributed by atoms with Gasteiger partial charge in [0, 0.05) is 12.6 Å². The number of ether oxygens (including phenoxy) is 2. The van der Waals surface area contributed by atoms with Crippen LogP contribution >= 0.6 is 38.2 Å². The highest BCUT2D eigenvalue weighted by atomic mass is 127. The van der Waals surface area contributed by atoms with E-state index in [4.69, 9.17) is 14.0 Å². The normalized spacial score (nSPS) is 35.4. The summed E-state index contributed by atoms with van der Waals surface area (Å²) in [5.74, 6) is 0. The van der Waals surface area contributed by atoms with Crippen molar-refractivity contribution in [2.24, 2.45) is 0 Å². The van der Waals surface area contributed by atoms with Gasteiger partial charge in [-0.15, -0.1) is 0 Å². The third-order valence-electron chi connectivity index (χ3n) is 5.87. The Morgan fingerprint density at radius 1 is 0.950 bits per heavy atom. The molecule has 2 unspecified atom stereocenters. The standard InChI is InChI=1S/C17H27IN2O18P2/c18-5-3-20(17(28)19-14(5)27)15-12(26)11(25)13(36-15)16(37-39(29,30)31)38-40(32,33)34-2-1-6-8(22)10(24)9(23)7(4-21)35-6/h3,6-13,15-16,21-26H,1-2,4H2,(H,32,33)(H,19,27,28)(H2,29,30,31)/t6-,7-,8+,9+,10-,11+,12-,13+,15-,16?/m1/s1. The maximum atomic E-state index is 12.6. The summed E-state index contributed by atoms with van der Waals surface area (Å²) < 4.78 is 48.9. The van der Waals surface area contributed by atoms with E-state index in [0.29, 0.717) is 4.57 Å². The Morgan fingerprint density at radius 2 is 1.57 bits per heavy atom. The summed E-state index contributed by atoms with van der Waals surface area (Å²) in [6, 6.07) is 0. The van der Waals surface area contributed by atoms with Crippen LogP contribution in [-0.2, 0) is 32.2 Å². The topological polar surface area (TPSA) is 317 Å². The molecule has 2 aliphatic heterocycles. The van der Waals surface area contributed by atoms with Crippen molar-refractivity contribution in [3.8, 4) is 0 Å². The summed E-state index contributed by atoms with van der Waals surface area (Å²) in [5.41, 5.74) is -1.88. The summed E-state index contributed by atoms with van der Waals surface area (Å²) in [5, 5.41) is 59.7. The average Bonchev–Trinajstić information content (AvgIpc) is 3.14. The largest absolute Gasteiger partial charge is 0.474 e. The summed E-state index contributed by atoms with van der Waals surface area (Å²) >= 11 is 1.55. The quantitative estimate of drug-likeness (QED) is 0.0582. The predicted molar refractivity (Wildman–Crippen MR) is 132 cm³/mol. The van der Waals surface area contributed by atoms with Crippen molar-refractivity contribution in [2.45, 2.75) is 67.8 Å². The summed E-state index contributed by atoms with van der Waals surface area (Å²) in [6.07, 6.45) is -17.7. The number of phosphoric ester groups is 2. The van der Waals surface area contributed by atoms with E-state index in [1.807, 2.05) is 4.98 Å². The molecule has 0 aromatic carbocycles. The monoisotopic (exact) mass is 736 g/mol. The van der Waals surface area contributed by atoms with Crippen LogP contribution in [0.3, 0.4) is 0 Å². The molecule has 0 spiro atoms. The van der Waals surface area contributed by atoms with Crippen molar-refractivity contribution in [3.05, 3.63) is 30.6 Å². The van der Waals surface area contributed by atoms with E-state index in [1.165, 1.54) is 0 Å². The lowest BCUT2D eigenvalue weighted by atomic mass is 9.94. The minimum atomic E-state index is -5.53. The number of aliphatic hydroxyl groups excluding tert-OH is 6. The Hall–Kier alpha value is -0.690. The molecule has 0 radical (unpaired) electrons. The third-order valence-corrected chi connectivity index (χ3v) is 8.10. The van der Waals surface area contributed by atoms with Gasteiger partial charge in [0.05, 0.1) is 22.9 Å². The van der Waals surface area contributed by atoms with E-state index in [1.54, 1.807) is 22.6 Å². The summed E-state index contributed by atoms with van der Waals surface area (Å²) in [6.45, 7) is -1.49. The number of H-pyrrole nitrogens is 1. The molecular weight excluding hydrogens is 709 g/mol. The fourth-order valence-corrected chi connectivity index (χ4v) is 5.69. The Kier molecular flexibility index (Phi) is 11.2. The first-order valence-electron chi connectivity index (χ1n) is 11.2.